The Morgan fingerprint density at radius 3 is 2.40 bits per heavy atom. The van der Waals surface area contributed by atoms with Crippen LogP contribution < -0.4 is 15.4 Å². The van der Waals surface area contributed by atoms with Crippen LogP contribution in [-0.2, 0) is 0 Å². The number of unbranched alkanes of at least 4 members (excludes halogenated alkanes) is 3. The first-order chi connectivity index (χ1) is 9.76. The summed E-state index contributed by atoms with van der Waals surface area (Å²) in [6.07, 6.45) is 5.50. The lowest BCUT2D eigenvalue weighted by molar-refractivity contribution is 0.252. The zero-order valence-corrected chi connectivity index (χ0v) is 12.6. The Morgan fingerprint density at radius 2 is 1.75 bits per heavy atom. The maximum Gasteiger partial charge on any atom is 0.319 e. The minimum absolute atomic E-state index is 0.152. The van der Waals surface area contributed by atoms with Gasteiger partial charge in [0, 0.05) is 12.2 Å². The normalized spacial score (nSPS) is 10.1. The number of urea groups is 1. The zero-order valence-electron chi connectivity index (χ0n) is 12.6. The molecule has 0 saturated heterocycles. The van der Waals surface area contributed by atoms with Crippen LogP contribution in [0.25, 0.3) is 0 Å². The molecule has 4 nitrogen and oxygen atoms in total. The molecule has 0 unspecified atom stereocenters. The lowest BCUT2D eigenvalue weighted by Gasteiger charge is -2.09. The summed E-state index contributed by atoms with van der Waals surface area (Å²) >= 11 is 0. The molecule has 1 aromatic rings. The van der Waals surface area contributed by atoms with Gasteiger partial charge in [0.15, 0.2) is 0 Å². The fourth-order valence-electron chi connectivity index (χ4n) is 1.72. The molecule has 0 heterocycles. The van der Waals surface area contributed by atoms with E-state index in [1.807, 2.05) is 24.3 Å². The Hall–Kier alpha value is -1.71. The second-order valence-corrected chi connectivity index (χ2v) is 4.81. The number of carbonyl (C=O) groups is 1. The summed E-state index contributed by atoms with van der Waals surface area (Å²) in [5, 5.41) is 5.65. The topological polar surface area (TPSA) is 50.4 Å². The van der Waals surface area contributed by atoms with Crippen molar-refractivity contribution < 1.29 is 9.53 Å². The van der Waals surface area contributed by atoms with Crippen LogP contribution in [0, 0.1) is 0 Å². The van der Waals surface area contributed by atoms with Gasteiger partial charge in [0.2, 0.25) is 0 Å². The molecule has 1 aromatic carbocycles. The van der Waals surface area contributed by atoms with Crippen molar-refractivity contribution in [3.8, 4) is 5.75 Å². The summed E-state index contributed by atoms with van der Waals surface area (Å²) in [6, 6.07) is 7.31. The van der Waals surface area contributed by atoms with Crippen molar-refractivity contribution in [1.82, 2.24) is 5.32 Å². The van der Waals surface area contributed by atoms with Gasteiger partial charge in [-0.3, -0.25) is 0 Å². The van der Waals surface area contributed by atoms with Crippen LogP contribution >= 0.6 is 0 Å². The van der Waals surface area contributed by atoms with Gasteiger partial charge < -0.3 is 15.4 Å². The summed E-state index contributed by atoms with van der Waals surface area (Å²) in [7, 11) is 0. The van der Waals surface area contributed by atoms with E-state index in [1.165, 1.54) is 0 Å². The monoisotopic (exact) mass is 278 g/mol. The van der Waals surface area contributed by atoms with E-state index < -0.39 is 0 Å². The molecular weight excluding hydrogens is 252 g/mol. The average molecular weight is 278 g/mol. The summed E-state index contributed by atoms with van der Waals surface area (Å²) in [4.78, 5) is 11.6. The Labute approximate surface area is 121 Å². The number of anilines is 1. The molecule has 1 rings (SSSR count). The molecule has 0 aliphatic rings. The highest BCUT2D eigenvalue weighted by Gasteiger charge is 2.01. The fourth-order valence-corrected chi connectivity index (χ4v) is 1.72. The lowest BCUT2D eigenvalue weighted by atomic mass is 10.2. The van der Waals surface area contributed by atoms with Crippen molar-refractivity contribution in [2.75, 3.05) is 18.5 Å². The number of rotatable bonds is 9. The summed E-state index contributed by atoms with van der Waals surface area (Å²) in [5.74, 6) is 0.840. The number of benzene rings is 1. The van der Waals surface area contributed by atoms with Gasteiger partial charge in [-0.25, -0.2) is 4.79 Å². The molecule has 0 radical (unpaired) electrons. The average Bonchev–Trinajstić information content (AvgIpc) is 2.46. The third-order valence-corrected chi connectivity index (χ3v) is 2.94. The molecule has 0 aliphatic heterocycles. The first-order valence-electron chi connectivity index (χ1n) is 7.54. The van der Waals surface area contributed by atoms with E-state index in [9.17, 15) is 4.79 Å². The molecule has 0 atom stereocenters. The first-order valence-corrected chi connectivity index (χ1v) is 7.54. The van der Waals surface area contributed by atoms with Crippen molar-refractivity contribution in [1.29, 1.82) is 0 Å². The van der Waals surface area contributed by atoms with Crippen LogP contribution in [0.3, 0.4) is 0 Å². The van der Waals surface area contributed by atoms with E-state index in [1.54, 1.807) is 0 Å². The third kappa shape index (κ3) is 7.02. The smallest absolute Gasteiger partial charge is 0.319 e. The Kier molecular flexibility index (Phi) is 8.27. The van der Waals surface area contributed by atoms with Crippen molar-refractivity contribution in [2.24, 2.45) is 0 Å². The second kappa shape index (κ2) is 10.1. The predicted octanol–water partition coefficient (Wildman–Crippen LogP) is 4.18. The minimum atomic E-state index is -0.152. The zero-order chi connectivity index (χ0) is 14.6. The van der Waals surface area contributed by atoms with E-state index in [2.05, 4.69) is 24.5 Å². The molecule has 4 heteroatoms. The minimum Gasteiger partial charge on any atom is -0.494 e. The first kappa shape index (κ1) is 16.3. The molecule has 0 bridgehead atoms. The Morgan fingerprint density at radius 1 is 1.05 bits per heavy atom. The molecule has 20 heavy (non-hydrogen) atoms. The maximum atomic E-state index is 11.6. The van der Waals surface area contributed by atoms with Crippen LogP contribution in [0.4, 0.5) is 10.5 Å². The van der Waals surface area contributed by atoms with Crippen molar-refractivity contribution >= 4 is 11.7 Å². The molecular formula is C16H26N2O2. The quantitative estimate of drug-likeness (QED) is 0.666. The molecule has 0 fully saturated rings. The number of carbonyl (C=O) groups excluding carboxylic acids is 1. The second-order valence-electron chi connectivity index (χ2n) is 4.81. The highest BCUT2D eigenvalue weighted by Crippen LogP contribution is 2.15. The van der Waals surface area contributed by atoms with Gasteiger partial charge in [0.05, 0.1) is 6.61 Å². The molecule has 0 aromatic heterocycles. The number of nitrogens with one attached hydrogen (secondary N) is 2. The summed E-state index contributed by atoms with van der Waals surface area (Å²) in [5.41, 5.74) is 0.779. The van der Waals surface area contributed by atoms with Gasteiger partial charge in [-0.15, -0.1) is 0 Å². The molecule has 2 amide bonds. The molecule has 0 saturated carbocycles. The molecule has 2 N–H and O–H groups in total. The Bertz CT molecular complexity index is 377. The van der Waals surface area contributed by atoms with Gasteiger partial charge in [-0.1, -0.05) is 33.1 Å². The SMILES string of the molecule is CCCCCNC(=O)Nc1ccc(OCCCC)cc1. The highest BCUT2D eigenvalue weighted by atomic mass is 16.5. The van der Waals surface area contributed by atoms with E-state index in [0.29, 0.717) is 0 Å². The van der Waals surface area contributed by atoms with Crippen LogP contribution in [0.1, 0.15) is 46.0 Å². The number of amides is 2. The van der Waals surface area contributed by atoms with Crippen LogP contribution in [-0.4, -0.2) is 19.2 Å². The number of hydrogen-bond donors (Lipinski definition) is 2. The standard InChI is InChI=1S/C16H26N2O2/c1-3-5-7-12-17-16(19)18-14-8-10-15(11-9-14)20-13-6-4-2/h8-11H,3-7,12-13H2,1-2H3,(H2,17,18,19). The van der Waals surface area contributed by atoms with Crippen molar-refractivity contribution in [3.63, 3.8) is 0 Å². The third-order valence-electron chi connectivity index (χ3n) is 2.94. The van der Waals surface area contributed by atoms with Gasteiger partial charge in [-0.2, -0.15) is 0 Å². The number of ether oxygens (including phenoxy) is 1. The summed E-state index contributed by atoms with van der Waals surface area (Å²) < 4.78 is 5.57. The molecule has 0 spiro atoms. The largest absolute Gasteiger partial charge is 0.494 e. The van der Waals surface area contributed by atoms with E-state index >= 15 is 0 Å². The van der Waals surface area contributed by atoms with Crippen LogP contribution in [0.15, 0.2) is 24.3 Å². The van der Waals surface area contributed by atoms with Crippen LogP contribution in [0.2, 0.25) is 0 Å². The van der Waals surface area contributed by atoms with E-state index in [4.69, 9.17) is 4.74 Å². The highest BCUT2D eigenvalue weighted by molar-refractivity contribution is 5.89. The van der Waals surface area contributed by atoms with Gasteiger partial charge in [0.25, 0.3) is 0 Å². The molecule has 112 valence electrons. The van der Waals surface area contributed by atoms with Gasteiger partial charge in [0.1, 0.15) is 5.75 Å². The molecule has 0 aliphatic carbocycles. The van der Waals surface area contributed by atoms with Crippen LogP contribution in [0.5, 0.6) is 5.75 Å². The van der Waals surface area contributed by atoms with Gasteiger partial charge >= 0.3 is 6.03 Å². The fraction of sp³-hybridized carbons (Fsp3) is 0.562. The maximum absolute atomic E-state index is 11.6. The number of hydrogen-bond acceptors (Lipinski definition) is 2. The Balaban J connectivity index is 2.27. The lowest BCUT2D eigenvalue weighted by Crippen LogP contribution is -2.29. The van der Waals surface area contributed by atoms with E-state index in [0.717, 1.165) is 56.7 Å². The van der Waals surface area contributed by atoms with E-state index in [-0.39, 0.29) is 6.03 Å². The van der Waals surface area contributed by atoms with Crippen molar-refractivity contribution in [3.05, 3.63) is 24.3 Å². The summed E-state index contributed by atoms with van der Waals surface area (Å²) in [6.45, 7) is 5.73. The van der Waals surface area contributed by atoms with Gasteiger partial charge in [-0.05, 0) is 37.1 Å². The predicted molar refractivity (Wildman–Crippen MR) is 83.4 cm³/mol. The van der Waals surface area contributed by atoms with Crippen molar-refractivity contribution in [2.45, 2.75) is 46.0 Å².